The number of hydrogen-bond acceptors (Lipinski definition) is 12. The van der Waals surface area contributed by atoms with Crippen LogP contribution in [0.25, 0.3) is 0 Å². The van der Waals surface area contributed by atoms with Crippen molar-refractivity contribution in [2.75, 3.05) is 149 Å². The summed E-state index contributed by atoms with van der Waals surface area (Å²) < 4.78 is 42.4. The molecule has 4 amide bonds. The molecule has 0 unspecified atom stereocenters. The lowest BCUT2D eigenvalue weighted by Gasteiger charge is -2.32. The molecule has 0 aromatic heterocycles. The van der Waals surface area contributed by atoms with Gasteiger partial charge in [0.25, 0.3) is 0 Å². The monoisotopic (exact) mass is 1020 g/mol. The van der Waals surface area contributed by atoms with Crippen molar-refractivity contribution >= 4 is 33.7 Å². The molecule has 0 aromatic rings. The van der Waals surface area contributed by atoms with Gasteiger partial charge in [-0.3, -0.25) is 19.3 Å². The number of rotatable bonds is 6. The van der Waals surface area contributed by atoms with Gasteiger partial charge in [0, 0.05) is 91.5 Å². The highest BCUT2D eigenvalue weighted by Gasteiger charge is 2.29. The van der Waals surface area contributed by atoms with Crippen molar-refractivity contribution in [3.63, 3.8) is 0 Å². The van der Waals surface area contributed by atoms with Crippen molar-refractivity contribution in [1.29, 1.82) is 0 Å². The van der Waals surface area contributed by atoms with Crippen molar-refractivity contribution in [3.8, 4) is 0 Å². The molecule has 0 bridgehead atoms. The minimum Gasteiger partial charge on any atom is -0.448 e. The molecule has 0 aromatic carbocycles. The highest BCUT2D eigenvalue weighted by atomic mass is 32.2. The summed E-state index contributed by atoms with van der Waals surface area (Å²) in [4.78, 5) is 56.9. The molecule has 412 valence electrons. The second kappa shape index (κ2) is 29.4. The van der Waals surface area contributed by atoms with Gasteiger partial charge in [-0.25, -0.2) is 13.2 Å². The first-order valence-corrected chi connectivity index (χ1v) is 27.8. The number of carbonyl (C=O) groups is 4. The minimum atomic E-state index is -2.71. The van der Waals surface area contributed by atoms with Gasteiger partial charge in [-0.05, 0) is 38.9 Å². The van der Waals surface area contributed by atoms with Crippen LogP contribution in [-0.2, 0) is 43.2 Å². The van der Waals surface area contributed by atoms with Crippen LogP contribution in [0.3, 0.4) is 0 Å². The molecule has 70 heavy (non-hydrogen) atoms. The lowest BCUT2D eigenvalue weighted by molar-refractivity contribution is -0.144. The zero-order valence-electron chi connectivity index (χ0n) is 47.9. The van der Waals surface area contributed by atoms with Gasteiger partial charge in [-0.2, -0.15) is 0 Å². The average molecular weight is 1020 g/mol. The zero-order valence-corrected chi connectivity index (χ0v) is 48.7. The summed E-state index contributed by atoms with van der Waals surface area (Å²) in [6, 6.07) is 0. The van der Waals surface area contributed by atoms with Gasteiger partial charge in [0.15, 0.2) is 9.84 Å². The number of hydrogen-bond donors (Lipinski definition) is 0. The number of sulfone groups is 1. The minimum absolute atomic E-state index is 0.121. The molecule has 6 fully saturated rings. The smallest absolute Gasteiger partial charge is 0.409 e. The largest absolute Gasteiger partial charge is 0.448 e. The van der Waals surface area contributed by atoms with E-state index in [9.17, 15) is 27.6 Å². The lowest BCUT2D eigenvalue weighted by atomic mass is 9.96. The van der Waals surface area contributed by atoms with Crippen LogP contribution in [0.5, 0.6) is 0 Å². The fourth-order valence-corrected chi connectivity index (χ4v) is 9.45. The summed E-state index contributed by atoms with van der Waals surface area (Å²) in [6.07, 6.45) is 1.64. The van der Waals surface area contributed by atoms with Gasteiger partial charge in [0.1, 0.15) is 19.8 Å². The van der Waals surface area contributed by atoms with E-state index in [0.717, 1.165) is 98.0 Å². The molecule has 6 saturated heterocycles. The van der Waals surface area contributed by atoms with Gasteiger partial charge in [-0.15, -0.1) is 0 Å². The highest BCUT2D eigenvalue weighted by molar-refractivity contribution is 7.91. The molecule has 0 N–H and O–H groups in total. The van der Waals surface area contributed by atoms with E-state index in [-0.39, 0.29) is 58.2 Å². The summed E-state index contributed by atoms with van der Waals surface area (Å²) in [6.45, 7) is 55.6. The van der Waals surface area contributed by atoms with Crippen molar-refractivity contribution in [3.05, 3.63) is 0 Å². The molecule has 0 saturated carbocycles. The van der Waals surface area contributed by atoms with E-state index in [1.54, 1.807) is 4.90 Å². The second-order valence-corrected chi connectivity index (χ2v) is 29.2. The van der Waals surface area contributed by atoms with Gasteiger partial charge in [0.2, 0.25) is 17.7 Å². The lowest BCUT2D eigenvalue weighted by Crippen LogP contribution is -2.45. The van der Waals surface area contributed by atoms with Crippen LogP contribution < -0.4 is 0 Å². The Kier molecular flexibility index (Phi) is 27.4. The molecule has 0 radical (unpaired) electrons. The van der Waals surface area contributed by atoms with E-state index in [0.29, 0.717) is 55.7 Å². The van der Waals surface area contributed by atoms with Crippen LogP contribution in [0.15, 0.2) is 0 Å². The van der Waals surface area contributed by atoms with E-state index >= 15 is 0 Å². The average Bonchev–Trinajstić information content (AvgIpc) is 3.78. The fourth-order valence-electron chi connectivity index (χ4n) is 8.17. The summed E-state index contributed by atoms with van der Waals surface area (Å²) in [5.41, 5.74) is 1.49. The Hall–Kier alpha value is -2.57. The Morgan fingerprint density at radius 1 is 0.386 bits per heavy atom. The third-order valence-corrected chi connectivity index (χ3v) is 12.4. The molecule has 0 aliphatic carbocycles. The van der Waals surface area contributed by atoms with Gasteiger partial charge in [-0.1, -0.05) is 125 Å². The predicted octanol–water partition coefficient (Wildman–Crippen LogP) is 7.05. The molecule has 16 nitrogen and oxygen atoms in total. The van der Waals surface area contributed by atoms with Gasteiger partial charge < -0.3 is 43.4 Å². The van der Waals surface area contributed by atoms with Crippen molar-refractivity contribution in [2.45, 2.75) is 137 Å². The summed E-state index contributed by atoms with van der Waals surface area (Å²) >= 11 is 0. The summed E-state index contributed by atoms with van der Waals surface area (Å²) in [7, 11) is -2.71. The first kappa shape index (κ1) is 65.4. The zero-order chi connectivity index (χ0) is 53.8. The van der Waals surface area contributed by atoms with Crippen LogP contribution in [0, 0.1) is 32.5 Å². The molecule has 0 atom stereocenters. The number of morpholine rings is 3. The number of ether oxygens (including phenoxy) is 4. The van der Waals surface area contributed by atoms with E-state index < -0.39 is 9.84 Å². The maximum absolute atomic E-state index is 11.3. The van der Waals surface area contributed by atoms with E-state index in [2.05, 4.69) is 134 Å². The van der Waals surface area contributed by atoms with Crippen molar-refractivity contribution in [2.24, 2.45) is 32.5 Å². The molecular weight excluding hydrogens is 913 g/mol. The fraction of sp³-hybridized carbons (Fsp3) is 0.925. The van der Waals surface area contributed by atoms with Crippen LogP contribution >= 0.6 is 0 Å². The topological polar surface area (TPSA) is 159 Å². The SMILES string of the molecule is CC(C)(C)CN1CCCC1=O.CC(C)(C)CN1CCOC1=O.CC(C)(C)CN1CCOCC1.CC(C)(C)CN1CCOCC1=O.CC(C)(C)CN1CCOCC1=O.CC(C)(C)CN1CCS(=O)(=O)CC1. The van der Waals surface area contributed by atoms with Crippen molar-refractivity contribution < 1.29 is 46.5 Å². The standard InChI is InChI=1S/C9H19NO2S.2C9H17NO2.C9H19NO.C9H17NO.C8H15NO2/c1-9(2,3)8-10-4-6-13(11,12)7-5-10;2*1-9(2,3)7-10-4-5-12-6-8(10)11;1-9(2,3)8-10-4-6-11-7-5-10;1-9(2,3)7-10-6-4-5-8(10)11;1-8(2,3)6-9-4-5-11-7(9)10/h4-8H2,1-3H3;2*4-7H2,1-3H3;4-8H2,1-3H3;4-7H2,1-3H3;4-6H2,1-3H3. The quantitative estimate of drug-likeness (QED) is 0.268. The highest BCUT2D eigenvalue weighted by Crippen LogP contribution is 2.22. The van der Waals surface area contributed by atoms with E-state index in [1.165, 1.54) is 6.54 Å². The Bertz CT molecular complexity index is 1570. The van der Waals surface area contributed by atoms with Crippen molar-refractivity contribution in [1.82, 2.24) is 29.4 Å². The Morgan fingerprint density at radius 3 is 1.03 bits per heavy atom. The molecule has 6 rings (SSSR count). The van der Waals surface area contributed by atoms with E-state index in [1.807, 2.05) is 14.7 Å². The molecule has 6 heterocycles. The number of cyclic esters (lactones) is 1. The third-order valence-electron chi connectivity index (χ3n) is 10.8. The van der Waals surface area contributed by atoms with Gasteiger partial charge >= 0.3 is 6.09 Å². The second-order valence-electron chi connectivity index (χ2n) is 26.9. The third kappa shape index (κ3) is 34.0. The molecule has 0 spiro atoms. The van der Waals surface area contributed by atoms with Crippen LogP contribution in [0.1, 0.15) is 137 Å². The van der Waals surface area contributed by atoms with Gasteiger partial charge in [0.05, 0.1) is 44.5 Å². The first-order valence-electron chi connectivity index (χ1n) is 26.0. The first-order chi connectivity index (χ1) is 31.8. The number of likely N-dealkylation sites (tertiary alicyclic amines) is 1. The predicted molar refractivity (Wildman–Crippen MR) is 283 cm³/mol. The Balaban J connectivity index is 0.000000420. The number of amides is 4. The number of nitrogens with zero attached hydrogens (tertiary/aromatic N) is 6. The summed E-state index contributed by atoms with van der Waals surface area (Å²) in [5, 5.41) is 0. The van der Waals surface area contributed by atoms with Crippen LogP contribution in [0.4, 0.5) is 4.79 Å². The van der Waals surface area contributed by atoms with E-state index in [4.69, 9.17) is 18.9 Å². The maximum atomic E-state index is 11.3. The Morgan fingerprint density at radius 2 is 0.714 bits per heavy atom. The Labute approximate surface area is 427 Å². The molecular formula is C53H104N6O10S. The maximum Gasteiger partial charge on any atom is 0.409 e. The number of carbonyl (C=O) groups excluding carboxylic acids is 4. The van der Waals surface area contributed by atoms with Crippen LogP contribution in [0.2, 0.25) is 0 Å². The molecule has 17 heteroatoms. The molecule has 6 aliphatic rings. The summed E-state index contributed by atoms with van der Waals surface area (Å²) in [5.74, 6) is 1.25. The molecule has 6 aliphatic heterocycles. The van der Waals surface area contributed by atoms with Crippen LogP contribution in [-0.4, -0.2) is 211 Å². The normalized spacial score (nSPS) is 20.9.